The summed E-state index contributed by atoms with van der Waals surface area (Å²) in [4.78, 5) is 16.9. The second-order valence-corrected chi connectivity index (χ2v) is 7.59. The van der Waals surface area contributed by atoms with E-state index in [1.807, 2.05) is 18.2 Å². The molecular weight excluding hydrogens is 362 g/mol. The van der Waals surface area contributed by atoms with Gasteiger partial charge in [0.1, 0.15) is 5.82 Å². The number of amides is 1. The summed E-state index contributed by atoms with van der Waals surface area (Å²) in [6.45, 7) is 9.08. The number of carbonyl (C=O) groups is 1. The number of benzene rings is 1. The van der Waals surface area contributed by atoms with E-state index in [0.29, 0.717) is 24.2 Å². The van der Waals surface area contributed by atoms with Gasteiger partial charge in [0, 0.05) is 24.6 Å². The van der Waals surface area contributed by atoms with Gasteiger partial charge in [0.15, 0.2) is 5.69 Å². The van der Waals surface area contributed by atoms with Crippen molar-refractivity contribution >= 4 is 17.4 Å². The molecule has 0 radical (unpaired) electrons. The highest BCUT2D eigenvalue weighted by Gasteiger charge is 2.17. The Morgan fingerprint density at radius 3 is 2.21 bits per heavy atom. The largest absolute Gasteiger partial charge is 0.364 e. The SMILES string of the molecule is CC(C)c1cccc(C(C)C)c1NC(=O)c1ccc(NCc2cccnc2)nn1. The zero-order chi connectivity index (χ0) is 20.8. The molecule has 0 atom stereocenters. The first-order valence-electron chi connectivity index (χ1n) is 9.86. The Kier molecular flexibility index (Phi) is 6.54. The minimum Gasteiger partial charge on any atom is -0.364 e. The van der Waals surface area contributed by atoms with Crippen LogP contribution in [-0.4, -0.2) is 21.1 Å². The van der Waals surface area contributed by atoms with Crippen LogP contribution in [0.5, 0.6) is 0 Å². The average molecular weight is 390 g/mol. The zero-order valence-electron chi connectivity index (χ0n) is 17.3. The van der Waals surface area contributed by atoms with Gasteiger partial charge in [0.25, 0.3) is 5.91 Å². The molecule has 6 nitrogen and oxygen atoms in total. The van der Waals surface area contributed by atoms with E-state index in [1.165, 1.54) is 0 Å². The number of aromatic nitrogens is 3. The molecule has 2 N–H and O–H groups in total. The standard InChI is InChI=1S/C23H27N5O/c1-15(2)18-8-5-9-19(16(3)4)22(18)26-23(29)20-10-11-21(28-27-20)25-14-17-7-6-12-24-13-17/h5-13,15-16H,14H2,1-4H3,(H,25,28)(H,26,29). The number of nitrogens with one attached hydrogen (secondary N) is 2. The highest BCUT2D eigenvalue weighted by atomic mass is 16.1. The first kappa shape index (κ1) is 20.5. The molecule has 0 aliphatic heterocycles. The number of rotatable bonds is 7. The van der Waals surface area contributed by atoms with Crippen LogP contribution >= 0.6 is 0 Å². The fourth-order valence-electron chi connectivity index (χ4n) is 3.12. The van der Waals surface area contributed by atoms with Crippen molar-refractivity contribution in [1.82, 2.24) is 15.2 Å². The van der Waals surface area contributed by atoms with Gasteiger partial charge in [-0.3, -0.25) is 9.78 Å². The van der Waals surface area contributed by atoms with Crippen molar-refractivity contribution < 1.29 is 4.79 Å². The second-order valence-electron chi connectivity index (χ2n) is 7.59. The van der Waals surface area contributed by atoms with Crippen LogP contribution in [0.15, 0.2) is 54.9 Å². The fraction of sp³-hybridized carbons (Fsp3) is 0.304. The monoisotopic (exact) mass is 389 g/mol. The van der Waals surface area contributed by atoms with Crippen molar-refractivity contribution in [3.05, 3.63) is 77.2 Å². The third-order valence-electron chi connectivity index (χ3n) is 4.71. The van der Waals surface area contributed by atoms with Crippen LogP contribution in [0, 0.1) is 0 Å². The van der Waals surface area contributed by atoms with Crippen molar-refractivity contribution in [3.8, 4) is 0 Å². The Morgan fingerprint density at radius 1 is 0.931 bits per heavy atom. The van der Waals surface area contributed by atoms with Crippen molar-refractivity contribution in [3.63, 3.8) is 0 Å². The van der Waals surface area contributed by atoms with Gasteiger partial charge in [-0.1, -0.05) is 52.0 Å². The van der Waals surface area contributed by atoms with E-state index in [-0.39, 0.29) is 11.6 Å². The number of pyridine rings is 1. The third-order valence-corrected chi connectivity index (χ3v) is 4.71. The van der Waals surface area contributed by atoms with Crippen LogP contribution in [-0.2, 0) is 6.54 Å². The van der Waals surface area contributed by atoms with E-state index in [2.05, 4.69) is 65.6 Å². The molecule has 2 aromatic heterocycles. The minimum atomic E-state index is -0.258. The Hall–Kier alpha value is -3.28. The van der Waals surface area contributed by atoms with Gasteiger partial charge in [0.2, 0.25) is 0 Å². The number of hydrogen-bond acceptors (Lipinski definition) is 5. The molecule has 0 saturated carbocycles. The minimum absolute atomic E-state index is 0.258. The van der Waals surface area contributed by atoms with Crippen molar-refractivity contribution in [2.24, 2.45) is 0 Å². The topological polar surface area (TPSA) is 79.8 Å². The van der Waals surface area contributed by atoms with E-state index < -0.39 is 0 Å². The summed E-state index contributed by atoms with van der Waals surface area (Å²) in [5.41, 5.74) is 4.44. The van der Waals surface area contributed by atoms with Gasteiger partial charge >= 0.3 is 0 Å². The lowest BCUT2D eigenvalue weighted by Gasteiger charge is -2.20. The summed E-state index contributed by atoms with van der Waals surface area (Å²) in [6, 6.07) is 13.5. The van der Waals surface area contributed by atoms with E-state index in [1.54, 1.807) is 24.5 Å². The molecule has 0 unspecified atom stereocenters. The molecule has 1 aromatic carbocycles. The Bertz CT molecular complexity index is 927. The molecule has 6 heteroatoms. The van der Waals surface area contributed by atoms with Gasteiger partial charge in [-0.05, 0) is 46.7 Å². The van der Waals surface area contributed by atoms with Gasteiger partial charge in [-0.2, -0.15) is 0 Å². The maximum Gasteiger partial charge on any atom is 0.276 e. The lowest BCUT2D eigenvalue weighted by atomic mass is 9.92. The smallest absolute Gasteiger partial charge is 0.276 e. The number of para-hydroxylation sites is 1. The Labute approximate surface area is 171 Å². The summed E-state index contributed by atoms with van der Waals surface area (Å²) in [6.07, 6.45) is 3.53. The summed E-state index contributed by atoms with van der Waals surface area (Å²) < 4.78 is 0. The van der Waals surface area contributed by atoms with Crippen LogP contribution in [0.25, 0.3) is 0 Å². The Balaban J connectivity index is 1.73. The molecule has 0 fully saturated rings. The lowest BCUT2D eigenvalue weighted by Crippen LogP contribution is -2.18. The maximum absolute atomic E-state index is 12.8. The summed E-state index contributed by atoms with van der Waals surface area (Å²) in [7, 11) is 0. The second kappa shape index (κ2) is 9.28. The van der Waals surface area contributed by atoms with Crippen molar-refractivity contribution in [2.75, 3.05) is 10.6 Å². The predicted octanol–water partition coefficient (Wildman–Crippen LogP) is 4.98. The molecule has 3 aromatic rings. The van der Waals surface area contributed by atoms with Crippen LogP contribution in [0.1, 0.15) is 66.7 Å². The van der Waals surface area contributed by atoms with E-state index in [0.717, 1.165) is 22.4 Å². The number of nitrogens with zero attached hydrogens (tertiary/aromatic N) is 3. The molecule has 2 heterocycles. The third kappa shape index (κ3) is 5.16. The molecule has 3 rings (SSSR count). The number of carbonyl (C=O) groups excluding carboxylic acids is 1. The number of anilines is 2. The van der Waals surface area contributed by atoms with Gasteiger partial charge < -0.3 is 10.6 Å². The van der Waals surface area contributed by atoms with Crippen molar-refractivity contribution in [2.45, 2.75) is 46.1 Å². The van der Waals surface area contributed by atoms with E-state index >= 15 is 0 Å². The molecule has 0 bridgehead atoms. The van der Waals surface area contributed by atoms with Crippen LogP contribution in [0.3, 0.4) is 0 Å². The first-order chi connectivity index (χ1) is 14.0. The summed E-state index contributed by atoms with van der Waals surface area (Å²) >= 11 is 0. The quantitative estimate of drug-likeness (QED) is 0.595. The average Bonchev–Trinajstić information content (AvgIpc) is 2.73. The van der Waals surface area contributed by atoms with E-state index in [4.69, 9.17) is 0 Å². The predicted molar refractivity (Wildman–Crippen MR) is 116 cm³/mol. The van der Waals surface area contributed by atoms with Crippen LogP contribution < -0.4 is 10.6 Å². The normalized spacial score (nSPS) is 11.0. The maximum atomic E-state index is 12.8. The molecule has 0 aliphatic carbocycles. The molecule has 0 saturated heterocycles. The van der Waals surface area contributed by atoms with Crippen LogP contribution in [0.4, 0.5) is 11.5 Å². The van der Waals surface area contributed by atoms with E-state index in [9.17, 15) is 4.79 Å². The molecule has 150 valence electrons. The highest BCUT2D eigenvalue weighted by molar-refractivity contribution is 6.03. The molecule has 1 amide bonds. The Morgan fingerprint density at radius 2 is 1.66 bits per heavy atom. The lowest BCUT2D eigenvalue weighted by molar-refractivity contribution is 0.102. The zero-order valence-corrected chi connectivity index (χ0v) is 17.3. The van der Waals surface area contributed by atoms with Gasteiger partial charge in [0.05, 0.1) is 0 Å². The highest BCUT2D eigenvalue weighted by Crippen LogP contribution is 2.32. The molecular formula is C23H27N5O. The summed E-state index contributed by atoms with van der Waals surface area (Å²) in [5.74, 6) is 0.949. The number of hydrogen-bond donors (Lipinski definition) is 2. The molecule has 0 spiro atoms. The molecule has 0 aliphatic rings. The van der Waals surface area contributed by atoms with Crippen LogP contribution in [0.2, 0.25) is 0 Å². The van der Waals surface area contributed by atoms with Crippen molar-refractivity contribution in [1.29, 1.82) is 0 Å². The first-order valence-corrected chi connectivity index (χ1v) is 9.86. The molecule has 29 heavy (non-hydrogen) atoms. The summed E-state index contributed by atoms with van der Waals surface area (Å²) in [5, 5.41) is 14.5. The van der Waals surface area contributed by atoms with Gasteiger partial charge in [-0.25, -0.2) is 0 Å². The fourth-order valence-corrected chi connectivity index (χ4v) is 3.12. The van der Waals surface area contributed by atoms with Gasteiger partial charge in [-0.15, -0.1) is 10.2 Å².